The van der Waals surface area contributed by atoms with Gasteiger partial charge < -0.3 is 15.4 Å². The van der Waals surface area contributed by atoms with Crippen LogP contribution in [0.15, 0.2) is 22.7 Å². The van der Waals surface area contributed by atoms with Gasteiger partial charge in [0.05, 0.1) is 11.0 Å². The van der Waals surface area contributed by atoms with Gasteiger partial charge in [0.2, 0.25) is 5.91 Å². The summed E-state index contributed by atoms with van der Waals surface area (Å²) in [4.78, 5) is 11.7. The van der Waals surface area contributed by atoms with Crippen LogP contribution in [0.25, 0.3) is 0 Å². The summed E-state index contributed by atoms with van der Waals surface area (Å²) in [5.74, 6) is -0.658. The van der Waals surface area contributed by atoms with Gasteiger partial charge in [0.1, 0.15) is 5.75 Å². The van der Waals surface area contributed by atoms with Crippen LogP contribution in [-0.2, 0) is 4.79 Å². The molecule has 0 aliphatic rings. The fourth-order valence-corrected chi connectivity index (χ4v) is 1.80. The molecule has 0 aliphatic heterocycles. The predicted molar refractivity (Wildman–Crippen MR) is 77.2 cm³/mol. The van der Waals surface area contributed by atoms with Gasteiger partial charge in [-0.25, -0.2) is 0 Å². The van der Waals surface area contributed by atoms with Gasteiger partial charge in [0.25, 0.3) is 0 Å². The first-order chi connectivity index (χ1) is 9.46. The number of anilines is 1. The predicted octanol–water partition coefficient (Wildman–Crippen LogP) is 3.67. The average molecular weight is 369 g/mol. The highest BCUT2D eigenvalue weighted by Gasteiger charge is 2.31. The molecule has 0 unspecified atom stereocenters. The molecule has 21 heavy (non-hydrogen) atoms. The van der Waals surface area contributed by atoms with Crippen molar-refractivity contribution >= 4 is 27.5 Å². The monoisotopic (exact) mass is 368 g/mol. The molecule has 0 radical (unpaired) electrons. The lowest BCUT2D eigenvalue weighted by atomic mass is 10.1. The van der Waals surface area contributed by atoms with Crippen LogP contribution in [0, 0.1) is 0 Å². The van der Waals surface area contributed by atoms with Gasteiger partial charge in [-0.1, -0.05) is 0 Å². The van der Waals surface area contributed by atoms with Crippen molar-refractivity contribution in [1.29, 1.82) is 0 Å². The number of carbonyl (C=O) groups excluding carboxylic acids is 1. The molecule has 0 saturated carbocycles. The average Bonchev–Trinajstić information content (AvgIpc) is 2.28. The topological polar surface area (TPSA) is 50.4 Å². The molecule has 0 spiro atoms. The number of rotatable bonds is 4. The maximum atomic E-state index is 12.1. The van der Waals surface area contributed by atoms with Crippen LogP contribution in [0.2, 0.25) is 0 Å². The van der Waals surface area contributed by atoms with E-state index < -0.39 is 6.36 Å². The highest BCUT2D eigenvalue weighted by molar-refractivity contribution is 9.10. The van der Waals surface area contributed by atoms with Crippen molar-refractivity contribution in [2.45, 2.75) is 32.7 Å². The minimum absolute atomic E-state index is 0.0985. The molecule has 2 N–H and O–H groups in total. The molecule has 1 rings (SSSR count). The number of hydrogen-bond acceptors (Lipinski definition) is 3. The fourth-order valence-electron chi connectivity index (χ4n) is 1.34. The van der Waals surface area contributed by atoms with E-state index >= 15 is 0 Å². The van der Waals surface area contributed by atoms with Crippen molar-refractivity contribution in [2.24, 2.45) is 0 Å². The van der Waals surface area contributed by atoms with Gasteiger partial charge in [-0.3, -0.25) is 4.79 Å². The molecule has 118 valence electrons. The van der Waals surface area contributed by atoms with Gasteiger partial charge in [0.15, 0.2) is 0 Å². The van der Waals surface area contributed by atoms with E-state index in [2.05, 4.69) is 31.3 Å². The fraction of sp³-hybridized carbons (Fsp3) is 0.462. The van der Waals surface area contributed by atoms with Crippen LogP contribution < -0.4 is 15.4 Å². The normalized spacial score (nSPS) is 12.1. The van der Waals surface area contributed by atoms with E-state index in [9.17, 15) is 18.0 Å². The van der Waals surface area contributed by atoms with E-state index in [0.29, 0.717) is 5.69 Å². The van der Waals surface area contributed by atoms with Crippen LogP contribution in [0.1, 0.15) is 20.8 Å². The summed E-state index contributed by atoms with van der Waals surface area (Å²) in [7, 11) is 0. The molecule has 0 heterocycles. The Morgan fingerprint density at radius 3 is 2.38 bits per heavy atom. The smallest absolute Gasteiger partial charge is 0.405 e. The van der Waals surface area contributed by atoms with E-state index in [1.165, 1.54) is 12.1 Å². The number of nitrogens with one attached hydrogen (secondary N) is 2. The maximum Gasteiger partial charge on any atom is 0.573 e. The van der Waals surface area contributed by atoms with Crippen LogP contribution in [0.5, 0.6) is 5.75 Å². The quantitative estimate of drug-likeness (QED) is 0.852. The SMILES string of the molecule is CC(C)(C)NCC(=O)Nc1ccc(OC(F)(F)F)c(Br)c1. The van der Waals surface area contributed by atoms with Gasteiger partial charge in [0, 0.05) is 11.2 Å². The second-order valence-corrected chi connectivity index (χ2v) is 6.20. The summed E-state index contributed by atoms with van der Waals surface area (Å²) in [6, 6.07) is 3.81. The van der Waals surface area contributed by atoms with E-state index in [0.717, 1.165) is 6.07 Å². The first-order valence-electron chi connectivity index (χ1n) is 6.06. The molecule has 4 nitrogen and oxygen atoms in total. The largest absolute Gasteiger partial charge is 0.573 e. The zero-order valence-corrected chi connectivity index (χ0v) is 13.4. The highest BCUT2D eigenvalue weighted by atomic mass is 79.9. The van der Waals surface area contributed by atoms with Gasteiger partial charge >= 0.3 is 6.36 Å². The summed E-state index contributed by atoms with van der Waals surface area (Å²) in [5, 5.41) is 5.58. The molecule has 0 aliphatic carbocycles. The lowest BCUT2D eigenvalue weighted by Crippen LogP contribution is -2.41. The summed E-state index contributed by atoms with van der Waals surface area (Å²) < 4.78 is 40.3. The number of ether oxygens (including phenoxy) is 1. The number of benzene rings is 1. The second kappa shape index (κ2) is 6.65. The molecule has 0 bridgehead atoms. The van der Waals surface area contributed by atoms with E-state index in [4.69, 9.17) is 0 Å². The Morgan fingerprint density at radius 2 is 1.90 bits per heavy atom. The third-order valence-electron chi connectivity index (χ3n) is 2.22. The summed E-state index contributed by atoms with van der Waals surface area (Å²) in [6.07, 6.45) is -4.76. The van der Waals surface area contributed by atoms with Crippen molar-refractivity contribution in [3.63, 3.8) is 0 Å². The molecule has 1 aromatic rings. The third kappa shape index (κ3) is 7.33. The van der Waals surface area contributed by atoms with Crippen molar-refractivity contribution in [3.05, 3.63) is 22.7 Å². The second-order valence-electron chi connectivity index (χ2n) is 5.34. The first kappa shape index (κ1) is 17.8. The minimum atomic E-state index is -4.76. The van der Waals surface area contributed by atoms with E-state index in [-0.39, 0.29) is 28.2 Å². The Balaban J connectivity index is 2.65. The standard InChI is InChI=1S/C13H16BrF3N2O2/c1-12(2,3)18-7-11(20)19-8-4-5-10(9(14)6-8)21-13(15,16)17/h4-6,18H,7H2,1-3H3,(H,19,20). The Labute approximate surface area is 129 Å². The van der Waals surface area contributed by atoms with Gasteiger partial charge in [-0.05, 0) is 54.9 Å². The van der Waals surface area contributed by atoms with E-state index in [1.54, 1.807) is 0 Å². The molecular weight excluding hydrogens is 353 g/mol. The molecule has 1 amide bonds. The summed E-state index contributed by atoms with van der Waals surface area (Å²) in [5.41, 5.74) is 0.166. The van der Waals surface area contributed by atoms with Crippen LogP contribution in [0.4, 0.5) is 18.9 Å². The van der Waals surface area contributed by atoms with Crippen molar-refractivity contribution < 1.29 is 22.7 Å². The Kier molecular flexibility index (Phi) is 5.63. The molecule has 0 aromatic heterocycles. The number of alkyl halides is 3. The molecule has 0 atom stereocenters. The minimum Gasteiger partial charge on any atom is -0.405 e. The Hall–Kier alpha value is -1.28. The Bertz CT molecular complexity index is 513. The van der Waals surface area contributed by atoms with Gasteiger partial charge in [-0.2, -0.15) is 0 Å². The Morgan fingerprint density at radius 1 is 1.29 bits per heavy atom. The van der Waals surface area contributed by atoms with Crippen molar-refractivity contribution in [3.8, 4) is 5.75 Å². The maximum absolute atomic E-state index is 12.1. The van der Waals surface area contributed by atoms with Crippen LogP contribution in [0.3, 0.4) is 0 Å². The number of amides is 1. The third-order valence-corrected chi connectivity index (χ3v) is 2.84. The molecule has 1 aromatic carbocycles. The zero-order chi connectivity index (χ0) is 16.3. The lowest BCUT2D eigenvalue weighted by Gasteiger charge is -2.20. The number of halogens is 4. The molecule has 8 heteroatoms. The van der Waals surface area contributed by atoms with Crippen molar-refractivity contribution in [2.75, 3.05) is 11.9 Å². The van der Waals surface area contributed by atoms with Crippen LogP contribution in [-0.4, -0.2) is 24.4 Å². The highest BCUT2D eigenvalue weighted by Crippen LogP contribution is 2.32. The molecular formula is C13H16BrF3N2O2. The molecule has 0 saturated heterocycles. The van der Waals surface area contributed by atoms with Crippen molar-refractivity contribution in [1.82, 2.24) is 5.32 Å². The van der Waals surface area contributed by atoms with E-state index in [1.807, 2.05) is 20.8 Å². The molecule has 0 fully saturated rings. The summed E-state index contributed by atoms with van der Waals surface area (Å²) >= 11 is 2.97. The lowest BCUT2D eigenvalue weighted by molar-refractivity contribution is -0.274. The zero-order valence-electron chi connectivity index (χ0n) is 11.8. The number of hydrogen-bond donors (Lipinski definition) is 2. The number of carbonyl (C=O) groups is 1. The van der Waals surface area contributed by atoms with Crippen LogP contribution >= 0.6 is 15.9 Å². The first-order valence-corrected chi connectivity index (χ1v) is 6.86. The van der Waals surface area contributed by atoms with Gasteiger partial charge in [-0.15, -0.1) is 13.2 Å². The summed E-state index contributed by atoms with van der Waals surface area (Å²) in [6.45, 7) is 5.85.